The number of amides is 1. The minimum atomic E-state index is -0.628. The van der Waals surface area contributed by atoms with Gasteiger partial charge in [-0.05, 0) is 37.7 Å². The van der Waals surface area contributed by atoms with Crippen LogP contribution in [0.25, 0.3) is 0 Å². The standard InChI is InChI=1S/C18H17N5O3S/c1-10-16(23(25)26)15(22-21-10)17(24)20-18-19-13-8-7-12(9-14(13)27-18)11-5-3-2-4-6-11/h2-6,12H,7-9H2,1H3,(H,21,22)(H,19,20,24). The van der Waals surface area contributed by atoms with Crippen LogP contribution in [0, 0.1) is 17.0 Å². The molecule has 138 valence electrons. The molecule has 0 spiro atoms. The van der Waals surface area contributed by atoms with E-state index in [-0.39, 0.29) is 17.1 Å². The van der Waals surface area contributed by atoms with Gasteiger partial charge in [-0.2, -0.15) is 5.10 Å². The molecule has 0 fully saturated rings. The molecule has 1 aliphatic rings. The van der Waals surface area contributed by atoms with Crippen LogP contribution in [0.5, 0.6) is 0 Å². The molecule has 1 atom stereocenters. The second-order valence-electron chi connectivity index (χ2n) is 6.50. The van der Waals surface area contributed by atoms with Gasteiger partial charge in [-0.3, -0.25) is 25.3 Å². The van der Waals surface area contributed by atoms with Crippen molar-refractivity contribution < 1.29 is 9.72 Å². The Labute approximate surface area is 158 Å². The zero-order chi connectivity index (χ0) is 19.0. The van der Waals surface area contributed by atoms with E-state index in [1.807, 2.05) is 18.2 Å². The van der Waals surface area contributed by atoms with Crippen LogP contribution >= 0.6 is 11.3 Å². The zero-order valence-electron chi connectivity index (χ0n) is 14.6. The Balaban J connectivity index is 1.52. The molecule has 0 bridgehead atoms. The van der Waals surface area contributed by atoms with Gasteiger partial charge in [-0.1, -0.05) is 30.3 Å². The van der Waals surface area contributed by atoms with Gasteiger partial charge in [-0.25, -0.2) is 4.98 Å². The first kappa shape index (κ1) is 17.3. The number of nitrogens with zero attached hydrogens (tertiary/aromatic N) is 3. The third kappa shape index (κ3) is 3.33. The molecule has 0 aliphatic heterocycles. The Morgan fingerprint density at radius 1 is 1.37 bits per heavy atom. The number of thiazole rings is 1. The van der Waals surface area contributed by atoms with Gasteiger partial charge < -0.3 is 0 Å². The number of hydrogen-bond acceptors (Lipinski definition) is 6. The van der Waals surface area contributed by atoms with E-state index in [9.17, 15) is 14.9 Å². The number of aryl methyl sites for hydroxylation is 2. The predicted molar refractivity (Wildman–Crippen MR) is 101 cm³/mol. The maximum absolute atomic E-state index is 12.4. The molecule has 0 radical (unpaired) electrons. The minimum Gasteiger partial charge on any atom is -0.296 e. The molecule has 1 aliphatic carbocycles. The third-order valence-electron chi connectivity index (χ3n) is 4.74. The number of carbonyl (C=O) groups is 1. The van der Waals surface area contributed by atoms with Crippen LogP contribution < -0.4 is 5.32 Å². The summed E-state index contributed by atoms with van der Waals surface area (Å²) in [5, 5.41) is 20.5. The summed E-state index contributed by atoms with van der Waals surface area (Å²) in [6.45, 7) is 1.51. The predicted octanol–water partition coefficient (Wildman–Crippen LogP) is 3.61. The lowest BCUT2D eigenvalue weighted by atomic mass is 9.85. The summed E-state index contributed by atoms with van der Waals surface area (Å²) < 4.78 is 0. The van der Waals surface area contributed by atoms with Crippen molar-refractivity contribution in [1.29, 1.82) is 0 Å². The summed E-state index contributed by atoms with van der Waals surface area (Å²) in [7, 11) is 0. The first-order valence-electron chi connectivity index (χ1n) is 8.57. The van der Waals surface area contributed by atoms with Gasteiger partial charge in [0, 0.05) is 4.88 Å². The van der Waals surface area contributed by atoms with Gasteiger partial charge >= 0.3 is 5.69 Å². The molecule has 1 amide bonds. The molecule has 27 heavy (non-hydrogen) atoms. The highest BCUT2D eigenvalue weighted by Gasteiger charge is 2.29. The van der Waals surface area contributed by atoms with Crippen LogP contribution in [0.4, 0.5) is 10.8 Å². The Bertz CT molecular complexity index is 1010. The molecule has 0 saturated carbocycles. The van der Waals surface area contributed by atoms with Crippen LogP contribution in [0.3, 0.4) is 0 Å². The molecule has 3 aromatic rings. The van der Waals surface area contributed by atoms with Gasteiger partial charge in [0.05, 0.1) is 10.6 Å². The van der Waals surface area contributed by atoms with Crippen LogP contribution in [0.15, 0.2) is 30.3 Å². The van der Waals surface area contributed by atoms with Crippen molar-refractivity contribution in [2.24, 2.45) is 0 Å². The number of benzene rings is 1. The SMILES string of the molecule is Cc1[nH]nc(C(=O)Nc2nc3c(s2)CC(c2ccccc2)CC3)c1[N+](=O)[O-]. The molecular formula is C18H17N5O3S. The molecule has 2 N–H and O–H groups in total. The summed E-state index contributed by atoms with van der Waals surface area (Å²) >= 11 is 1.43. The molecular weight excluding hydrogens is 366 g/mol. The number of rotatable bonds is 4. The van der Waals surface area contributed by atoms with Gasteiger partial charge in [-0.15, -0.1) is 11.3 Å². The van der Waals surface area contributed by atoms with Crippen LogP contribution in [0.2, 0.25) is 0 Å². The fraction of sp³-hybridized carbons (Fsp3) is 0.278. The maximum Gasteiger partial charge on any atom is 0.322 e. The van der Waals surface area contributed by atoms with Crippen molar-refractivity contribution in [3.05, 3.63) is 68.0 Å². The van der Waals surface area contributed by atoms with E-state index >= 15 is 0 Å². The summed E-state index contributed by atoms with van der Waals surface area (Å²) in [4.78, 5) is 28.6. The van der Waals surface area contributed by atoms with Crippen molar-refractivity contribution >= 4 is 28.1 Å². The van der Waals surface area contributed by atoms with Gasteiger partial charge in [0.1, 0.15) is 5.69 Å². The van der Waals surface area contributed by atoms with E-state index in [4.69, 9.17) is 0 Å². The van der Waals surface area contributed by atoms with E-state index < -0.39 is 10.8 Å². The Morgan fingerprint density at radius 3 is 2.89 bits per heavy atom. The second-order valence-corrected chi connectivity index (χ2v) is 7.58. The average molecular weight is 383 g/mol. The van der Waals surface area contributed by atoms with E-state index in [0.29, 0.717) is 11.0 Å². The van der Waals surface area contributed by atoms with Gasteiger partial charge in [0.15, 0.2) is 5.13 Å². The molecule has 2 aromatic heterocycles. The van der Waals surface area contributed by atoms with E-state index in [2.05, 4.69) is 32.6 Å². The van der Waals surface area contributed by atoms with E-state index in [0.717, 1.165) is 29.8 Å². The van der Waals surface area contributed by atoms with Gasteiger partial charge in [0.2, 0.25) is 5.69 Å². The maximum atomic E-state index is 12.4. The molecule has 4 rings (SSSR count). The number of H-pyrrole nitrogens is 1. The van der Waals surface area contributed by atoms with Crippen molar-refractivity contribution in [2.45, 2.75) is 32.1 Å². The normalized spacial score (nSPS) is 16.0. The molecule has 9 heteroatoms. The number of fused-ring (bicyclic) bond motifs is 1. The van der Waals surface area contributed by atoms with Crippen molar-refractivity contribution in [1.82, 2.24) is 15.2 Å². The van der Waals surface area contributed by atoms with Crippen LogP contribution in [-0.4, -0.2) is 26.0 Å². The first-order chi connectivity index (χ1) is 13.0. The monoisotopic (exact) mass is 383 g/mol. The highest BCUT2D eigenvalue weighted by Crippen LogP contribution is 2.37. The fourth-order valence-electron chi connectivity index (χ4n) is 3.40. The number of aromatic amines is 1. The largest absolute Gasteiger partial charge is 0.322 e. The molecule has 1 unspecified atom stereocenters. The molecule has 8 nitrogen and oxygen atoms in total. The summed E-state index contributed by atoms with van der Waals surface area (Å²) in [5.74, 6) is -0.186. The summed E-state index contributed by atoms with van der Waals surface area (Å²) in [6.07, 6.45) is 2.75. The van der Waals surface area contributed by atoms with Crippen LogP contribution in [-0.2, 0) is 12.8 Å². The Kier molecular flexibility index (Phi) is 4.44. The quantitative estimate of drug-likeness (QED) is 0.528. The molecule has 1 aromatic carbocycles. The molecule has 0 saturated heterocycles. The van der Waals surface area contributed by atoms with Crippen molar-refractivity contribution in [2.75, 3.05) is 5.32 Å². The third-order valence-corrected chi connectivity index (χ3v) is 5.78. The second kappa shape index (κ2) is 6.92. The minimum absolute atomic E-state index is 0.229. The number of hydrogen-bond donors (Lipinski definition) is 2. The Hall–Kier alpha value is -3.07. The van der Waals surface area contributed by atoms with E-state index in [1.165, 1.54) is 23.8 Å². The molecule has 2 heterocycles. The number of aromatic nitrogens is 3. The van der Waals surface area contributed by atoms with E-state index in [1.54, 1.807) is 0 Å². The lowest BCUT2D eigenvalue weighted by molar-refractivity contribution is -0.385. The number of carbonyl (C=O) groups excluding carboxylic acids is 1. The number of nitro groups is 1. The summed E-state index contributed by atoms with van der Waals surface area (Å²) in [6, 6.07) is 10.4. The average Bonchev–Trinajstić information content (AvgIpc) is 3.24. The van der Waals surface area contributed by atoms with Gasteiger partial charge in [0.25, 0.3) is 5.91 Å². The highest BCUT2D eigenvalue weighted by molar-refractivity contribution is 7.15. The van der Waals surface area contributed by atoms with Crippen molar-refractivity contribution in [3.63, 3.8) is 0 Å². The number of anilines is 1. The smallest absolute Gasteiger partial charge is 0.296 e. The topological polar surface area (TPSA) is 114 Å². The first-order valence-corrected chi connectivity index (χ1v) is 9.39. The summed E-state index contributed by atoms with van der Waals surface area (Å²) in [5.41, 5.74) is 2.01. The highest BCUT2D eigenvalue weighted by atomic mass is 32.1. The lowest BCUT2D eigenvalue weighted by Gasteiger charge is -2.21. The lowest BCUT2D eigenvalue weighted by Crippen LogP contribution is -2.14. The number of nitrogens with one attached hydrogen (secondary N) is 2. The fourth-order valence-corrected chi connectivity index (χ4v) is 4.48. The van der Waals surface area contributed by atoms with Crippen molar-refractivity contribution in [3.8, 4) is 0 Å². The zero-order valence-corrected chi connectivity index (χ0v) is 15.4. The Morgan fingerprint density at radius 2 is 2.15 bits per heavy atom. The van der Waals surface area contributed by atoms with Crippen LogP contribution in [0.1, 0.15) is 44.7 Å².